The molecule has 266 valence electrons. The maximum absolute atomic E-state index is 14.7. The van der Waals surface area contributed by atoms with Gasteiger partial charge >= 0.3 is 0 Å². The van der Waals surface area contributed by atoms with E-state index in [9.17, 15) is 27.2 Å². The molecule has 15 heteroatoms. The largest absolute Gasteiger partial charge is 0.491 e. The molecular weight excluding hydrogens is 657 g/mol. The van der Waals surface area contributed by atoms with Gasteiger partial charge in [0.25, 0.3) is 5.91 Å². The average molecular weight is 702 g/mol. The Morgan fingerprint density at radius 2 is 1.96 bits per heavy atom. The molecule has 3 fully saturated rings. The smallest absolute Gasteiger partial charge is 0.259 e. The Kier molecular flexibility index (Phi) is 9.77. The Labute approximate surface area is 285 Å². The summed E-state index contributed by atoms with van der Waals surface area (Å²) in [6.07, 6.45) is 7.67. The molecule has 4 aliphatic rings. The van der Waals surface area contributed by atoms with Gasteiger partial charge in [0.1, 0.15) is 29.0 Å². The van der Waals surface area contributed by atoms with Gasteiger partial charge in [-0.3, -0.25) is 19.1 Å². The summed E-state index contributed by atoms with van der Waals surface area (Å²) >= 11 is 0. The lowest BCUT2D eigenvalue weighted by Crippen LogP contribution is -2.57. The molecule has 0 spiro atoms. The summed E-state index contributed by atoms with van der Waals surface area (Å²) in [6, 6.07) is 2.40. The lowest BCUT2D eigenvalue weighted by Gasteiger charge is -2.28. The van der Waals surface area contributed by atoms with E-state index in [1.165, 1.54) is 24.1 Å². The second-order valence-electron chi connectivity index (χ2n) is 13.7. The molecule has 0 radical (unpaired) electrons. The molecule has 3 heterocycles. The zero-order chi connectivity index (χ0) is 35.1. The van der Waals surface area contributed by atoms with Gasteiger partial charge in [0.15, 0.2) is 11.6 Å². The maximum Gasteiger partial charge on any atom is 0.259 e. The summed E-state index contributed by atoms with van der Waals surface area (Å²) in [6.45, 7) is 3.64. The van der Waals surface area contributed by atoms with Crippen molar-refractivity contribution in [2.75, 3.05) is 13.7 Å². The average Bonchev–Trinajstić information content (AvgIpc) is 3.96. The number of ether oxygens (including phenoxy) is 3. The molecule has 2 aliphatic heterocycles. The van der Waals surface area contributed by atoms with Crippen LogP contribution in [0.25, 0.3) is 10.9 Å². The molecule has 1 saturated heterocycles. The molecule has 2 aliphatic carbocycles. The Bertz CT molecular complexity index is 1770. The standard InChI is InChI=1S/C34H44FN5O8S/c1-19(2)47-28-16-27(23-13-14-24(35)30(46-3)29(23)37-28)48-21-15-26-31(41)38-34(33(43)39-49(44,45)22-11-12-22)17-20(34)9-7-5-4-6-8-10-25(36)32(42)40(26)18-21/h7,9,13-14,16,19-22,25-26H,4-6,8,10-12,15,17-18,36H2,1-3H3,(H,38,41)(H,39,43)/b9-7-/t20?,21-,25+,26+,34-/m1/s1. The molecule has 1 aromatic carbocycles. The van der Waals surface area contributed by atoms with Crippen LogP contribution in [0.2, 0.25) is 0 Å². The van der Waals surface area contributed by atoms with Gasteiger partial charge in [0, 0.05) is 23.8 Å². The fourth-order valence-electron chi connectivity index (χ4n) is 6.70. The molecule has 0 bridgehead atoms. The van der Waals surface area contributed by atoms with Crippen LogP contribution in [0.4, 0.5) is 4.39 Å². The summed E-state index contributed by atoms with van der Waals surface area (Å²) in [4.78, 5) is 47.3. The summed E-state index contributed by atoms with van der Waals surface area (Å²) in [5.74, 6) is -2.46. The number of carbonyl (C=O) groups is 3. The van der Waals surface area contributed by atoms with Crippen molar-refractivity contribution in [2.24, 2.45) is 11.7 Å². The van der Waals surface area contributed by atoms with E-state index in [-0.39, 0.29) is 48.4 Å². The minimum absolute atomic E-state index is 0.00568. The molecule has 3 amide bonds. The van der Waals surface area contributed by atoms with Gasteiger partial charge in [0.05, 0.1) is 31.1 Å². The molecule has 6 rings (SSSR count). The number of aromatic nitrogens is 1. The van der Waals surface area contributed by atoms with E-state index in [2.05, 4.69) is 15.0 Å². The van der Waals surface area contributed by atoms with E-state index in [1.807, 2.05) is 26.0 Å². The number of amides is 3. The molecule has 49 heavy (non-hydrogen) atoms. The first-order chi connectivity index (χ1) is 23.3. The van der Waals surface area contributed by atoms with Crippen LogP contribution in [0.3, 0.4) is 0 Å². The summed E-state index contributed by atoms with van der Waals surface area (Å²) in [5, 5.41) is 2.67. The third-order valence-corrected chi connectivity index (χ3v) is 11.4. The first-order valence-electron chi connectivity index (χ1n) is 16.9. The highest BCUT2D eigenvalue weighted by Crippen LogP contribution is 2.46. The summed E-state index contributed by atoms with van der Waals surface area (Å²) in [7, 11) is -2.53. The molecular formula is C34H44FN5O8S. The van der Waals surface area contributed by atoms with Gasteiger partial charge in [-0.2, -0.15) is 0 Å². The van der Waals surface area contributed by atoms with E-state index in [1.54, 1.807) is 6.07 Å². The second-order valence-corrected chi connectivity index (χ2v) is 15.7. The molecule has 2 saturated carbocycles. The van der Waals surface area contributed by atoms with Crippen molar-refractivity contribution in [3.8, 4) is 17.4 Å². The lowest BCUT2D eigenvalue weighted by atomic mass is 10.1. The fourth-order valence-corrected chi connectivity index (χ4v) is 8.07. The number of hydrogen-bond donors (Lipinski definition) is 3. The van der Waals surface area contributed by atoms with Crippen LogP contribution < -0.4 is 30.0 Å². The summed E-state index contributed by atoms with van der Waals surface area (Å²) < 4.78 is 59.9. The van der Waals surface area contributed by atoms with Crippen molar-refractivity contribution in [1.29, 1.82) is 0 Å². The number of benzene rings is 1. The first-order valence-corrected chi connectivity index (χ1v) is 18.5. The molecule has 5 atom stereocenters. The van der Waals surface area contributed by atoms with Crippen LogP contribution >= 0.6 is 0 Å². The number of pyridine rings is 1. The van der Waals surface area contributed by atoms with Crippen molar-refractivity contribution in [3.63, 3.8) is 0 Å². The normalized spacial score (nSPS) is 28.5. The van der Waals surface area contributed by atoms with E-state index in [0.29, 0.717) is 24.6 Å². The lowest BCUT2D eigenvalue weighted by molar-refractivity contribution is -0.140. The number of methoxy groups -OCH3 is 1. The predicted molar refractivity (Wildman–Crippen MR) is 178 cm³/mol. The van der Waals surface area contributed by atoms with Gasteiger partial charge in [0.2, 0.25) is 27.7 Å². The van der Waals surface area contributed by atoms with Crippen LogP contribution in [-0.2, 0) is 24.4 Å². The van der Waals surface area contributed by atoms with E-state index >= 15 is 0 Å². The minimum atomic E-state index is -3.87. The molecule has 1 unspecified atom stereocenters. The number of carbonyl (C=O) groups excluding carboxylic acids is 3. The Balaban J connectivity index is 1.31. The third kappa shape index (κ3) is 7.32. The second kappa shape index (κ2) is 13.7. The Morgan fingerprint density at radius 3 is 2.67 bits per heavy atom. The number of nitrogens with two attached hydrogens (primary N) is 1. The molecule has 1 aromatic heterocycles. The zero-order valence-electron chi connectivity index (χ0n) is 27.9. The molecule has 2 aromatic rings. The van der Waals surface area contributed by atoms with Crippen LogP contribution in [0.5, 0.6) is 17.4 Å². The minimum Gasteiger partial charge on any atom is -0.491 e. The first kappa shape index (κ1) is 34.9. The van der Waals surface area contributed by atoms with Gasteiger partial charge in [-0.25, -0.2) is 17.8 Å². The van der Waals surface area contributed by atoms with Crippen molar-refractivity contribution >= 4 is 38.6 Å². The third-order valence-electron chi connectivity index (χ3n) is 9.56. The Morgan fingerprint density at radius 1 is 1.18 bits per heavy atom. The number of nitrogens with zero attached hydrogens (tertiary/aromatic N) is 2. The van der Waals surface area contributed by atoms with E-state index in [4.69, 9.17) is 19.9 Å². The number of fused-ring (bicyclic) bond motifs is 3. The fraction of sp³-hybridized carbons (Fsp3) is 0.588. The highest BCUT2D eigenvalue weighted by Gasteiger charge is 2.62. The van der Waals surface area contributed by atoms with Gasteiger partial charge in [-0.1, -0.05) is 25.0 Å². The number of nitrogens with one attached hydrogen (secondary N) is 2. The number of sulfonamides is 1. The topological polar surface area (TPSA) is 179 Å². The molecule has 4 N–H and O–H groups in total. The van der Waals surface area contributed by atoms with Crippen LogP contribution in [0.15, 0.2) is 30.4 Å². The van der Waals surface area contributed by atoms with Crippen molar-refractivity contribution in [1.82, 2.24) is 19.9 Å². The number of hydrogen-bond acceptors (Lipinski definition) is 10. The van der Waals surface area contributed by atoms with E-state index in [0.717, 1.165) is 25.7 Å². The number of allylic oxidation sites excluding steroid dienone is 1. The van der Waals surface area contributed by atoms with E-state index < -0.39 is 68.5 Å². The van der Waals surface area contributed by atoms with Crippen LogP contribution in [0.1, 0.15) is 71.6 Å². The maximum atomic E-state index is 14.7. The van der Waals surface area contributed by atoms with Gasteiger partial charge in [-0.05, 0) is 64.5 Å². The van der Waals surface area contributed by atoms with Crippen LogP contribution in [0, 0.1) is 11.7 Å². The summed E-state index contributed by atoms with van der Waals surface area (Å²) in [5.41, 5.74) is 5.08. The highest BCUT2D eigenvalue weighted by atomic mass is 32.2. The van der Waals surface area contributed by atoms with Crippen molar-refractivity contribution in [3.05, 3.63) is 36.2 Å². The van der Waals surface area contributed by atoms with Crippen molar-refractivity contribution < 1.29 is 41.4 Å². The van der Waals surface area contributed by atoms with Gasteiger partial charge in [-0.15, -0.1) is 0 Å². The zero-order valence-corrected chi connectivity index (χ0v) is 28.8. The van der Waals surface area contributed by atoms with Gasteiger partial charge < -0.3 is 30.2 Å². The quantitative estimate of drug-likeness (QED) is 0.347. The highest BCUT2D eigenvalue weighted by molar-refractivity contribution is 7.91. The van der Waals surface area contributed by atoms with Crippen molar-refractivity contribution in [2.45, 2.75) is 107 Å². The van der Waals surface area contributed by atoms with Crippen LogP contribution in [-0.4, -0.2) is 84.8 Å². The number of halogens is 1. The SMILES string of the molecule is COc1c(F)ccc2c(O[C@@H]3C[C@H]4C(=O)N[C@]5(C(=O)NS(=O)(=O)C6CC6)CC5/C=C\CCCCC[C@H](N)C(=O)N4C3)cc(OC(C)C)nc12. The monoisotopic (exact) mass is 701 g/mol. The molecule has 13 nitrogen and oxygen atoms in total. The Hall–Kier alpha value is -3.98. The number of rotatable bonds is 8. The predicted octanol–water partition coefficient (Wildman–Crippen LogP) is 2.85.